The fourth-order valence-corrected chi connectivity index (χ4v) is 2.90. The quantitative estimate of drug-likeness (QED) is 0.531. The number of aromatic nitrogens is 2. The largest absolute Gasteiger partial charge is 0.467 e. The first kappa shape index (κ1) is 16.9. The lowest BCUT2D eigenvalue weighted by Crippen LogP contribution is -2.26. The van der Waals surface area contributed by atoms with Crippen LogP contribution in [0.3, 0.4) is 0 Å². The minimum absolute atomic E-state index is 0.155. The topological polar surface area (TPSA) is 64.4 Å². The van der Waals surface area contributed by atoms with Crippen molar-refractivity contribution in [3.63, 3.8) is 0 Å². The number of benzene rings is 1. The molecular formula is C21H19N3O3. The molecule has 0 fully saturated rings. The number of carbonyl (C=O) groups is 1. The maximum atomic E-state index is 13.1. The third-order valence-corrected chi connectivity index (χ3v) is 4.26. The van der Waals surface area contributed by atoms with Crippen LogP contribution in [0.4, 0.5) is 0 Å². The van der Waals surface area contributed by atoms with Gasteiger partial charge in [-0.05, 0) is 43.3 Å². The summed E-state index contributed by atoms with van der Waals surface area (Å²) in [6, 6.07) is 17.0. The van der Waals surface area contributed by atoms with Gasteiger partial charge in [0.1, 0.15) is 17.2 Å². The van der Waals surface area contributed by atoms with Crippen LogP contribution in [0, 0.1) is 6.92 Å². The highest BCUT2D eigenvalue weighted by atomic mass is 16.3. The van der Waals surface area contributed by atoms with Gasteiger partial charge >= 0.3 is 0 Å². The van der Waals surface area contributed by atoms with Gasteiger partial charge in [-0.15, -0.1) is 0 Å². The molecule has 0 radical (unpaired) electrons. The molecule has 0 bridgehead atoms. The molecule has 6 nitrogen and oxygen atoms in total. The van der Waals surface area contributed by atoms with Crippen LogP contribution >= 0.6 is 0 Å². The smallest absolute Gasteiger partial charge is 0.257 e. The van der Waals surface area contributed by atoms with Gasteiger partial charge in [0, 0.05) is 13.2 Å². The molecule has 0 saturated heterocycles. The normalized spacial score (nSPS) is 10.9. The fraction of sp³-hybridized carbons (Fsp3) is 0.143. The van der Waals surface area contributed by atoms with E-state index in [0.29, 0.717) is 23.6 Å². The second-order valence-electron chi connectivity index (χ2n) is 6.32. The minimum Gasteiger partial charge on any atom is -0.467 e. The van der Waals surface area contributed by atoms with Gasteiger partial charge in [0.15, 0.2) is 5.76 Å². The number of furan rings is 2. The highest BCUT2D eigenvalue weighted by Crippen LogP contribution is 2.27. The highest BCUT2D eigenvalue weighted by molar-refractivity contribution is 5.99. The van der Waals surface area contributed by atoms with Gasteiger partial charge in [-0.1, -0.05) is 18.2 Å². The Labute approximate surface area is 156 Å². The van der Waals surface area contributed by atoms with Gasteiger partial charge in [0.2, 0.25) is 0 Å². The summed E-state index contributed by atoms with van der Waals surface area (Å²) in [5.41, 5.74) is 1.86. The van der Waals surface area contributed by atoms with E-state index in [1.807, 2.05) is 55.5 Å². The van der Waals surface area contributed by atoms with Crippen LogP contribution in [0.15, 0.2) is 75.9 Å². The molecule has 0 spiro atoms. The predicted molar refractivity (Wildman–Crippen MR) is 101 cm³/mol. The molecule has 136 valence electrons. The van der Waals surface area contributed by atoms with Crippen molar-refractivity contribution >= 4 is 5.91 Å². The number of carbonyl (C=O) groups excluding carboxylic acids is 1. The van der Waals surface area contributed by atoms with E-state index >= 15 is 0 Å². The molecule has 1 aromatic carbocycles. The first-order valence-electron chi connectivity index (χ1n) is 8.61. The summed E-state index contributed by atoms with van der Waals surface area (Å²) in [5.74, 6) is 1.90. The van der Waals surface area contributed by atoms with E-state index in [-0.39, 0.29) is 5.91 Å². The van der Waals surface area contributed by atoms with Crippen molar-refractivity contribution in [3.8, 4) is 17.1 Å². The van der Waals surface area contributed by atoms with E-state index in [4.69, 9.17) is 8.83 Å². The van der Waals surface area contributed by atoms with Gasteiger partial charge < -0.3 is 13.7 Å². The lowest BCUT2D eigenvalue weighted by atomic mass is 10.2. The molecule has 0 N–H and O–H groups in total. The predicted octanol–water partition coefficient (Wildman–Crippen LogP) is 4.31. The van der Waals surface area contributed by atoms with Crippen LogP contribution in [0.25, 0.3) is 17.1 Å². The Morgan fingerprint density at radius 3 is 2.59 bits per heavy atom. The van der Waals surface area contributed by atoms with E-state index in [2.05, 4.69) is 5.10 Å². The molecule has 0 atom stereocenters. The second-order valence-corrected chi connectivity index (χ2v) is 6.32. The number of hydrogen-bond acceptors (Lipinski definition) is 4. The minimum atomic E-state index is -0.155. The molecule has 1 amide bonds. The number of hydrogen-bond donors (Lipinski definition) is 0. The van der Waals surface area contributed by atoms with Crippen LogP contribution in [-0.2, 0) is 6.54 Å². The molecule has 0 unspecified atom stereocenters. The maximum absolute atomic E-state index is 13.1. The lowest BCUT2D eigenvalue weighted by Gasteiger charge is -2.15. The Kier molecular flexibility index (Phi) is 4.38. The van der Waals surface area contributed by atoms with E-state index in [1.54, 1.807) is 35.2 Å². The first-order chi connectivity index (χ1) is 13.1. The number of para-hydroxylation sites is 1. The second kappa shape index (κ2) is 6.99. The maximum Gasteiger partial charge on any atom is 0.257 e. The number of rotatable bonds is 5. The molecule has 4 aromatic rings. The zero-order chi connectivity index (χ0) is 18.8. The van der Waals surface area contributed by atoms with Crippen molar-refractivity contribution in [2.75, 3.05) is 7.05 Å². The van der Waals surface area contributed by atoms with Crippen molar-refractivity contribution in [1.29, 1.82) is 0 Å². The van der Waals surface area contributed by atoms with Gasteiger partial charge in [-0.2, -0.15) is 5.10 Å². The van der Waals surface area contributed by atoms with Gasteiger partial charge in [-0.3, -0.25) is 4.79 Å². The SMILES string of the molecule is Cc1ccc(-c2nn(-c3ccccc3)cc2C(=O)N(C)Cc2ccco2)o1. The molecule has 6 heteroatoms. The molecule has 0 aliphatic rings. The number of amides is 1. The van der Waals surface area contributed by atoms with Crippen LogP contribution in [0.5, 0.6) is 0 Å². The van der Waals surface area contributed by atoms with E-state index < -0.39 is 0 Å². The fourth-order valence-electron chi connectivity index (χ4n) is 2.90. The summed E-state index contributed by atoms with van der Waals surface area (Å²) in [5, 5.41) is 4.62. The monoisotopic (exact) mass is 361 g/mol. The summed E-state index contributed by atoms with van der Waals surface area (Å²) in [7, 11) is 1.74. The van der Waals surface area contributed by atoms with Crippen molar-refractivity contribution in [2.24, 2.45) is 0 Å². The van der Waals surface area contributed by atoms with Crippen LogP contribution in [0.1, 0.15) is 21.9 Å². The summed E-state index contributed by atoms with van der Waals surface area (Å²) in [6.45, 7) is 2.24. The summed E-state index contributed by atoms with van der Waals surface area (Å²) in [6.07, 6.45) is 3.33. The van der Waals surface area contributed by atoms with Gasteiger partial charge in [0.25, 0.3) is 5.91 Å². The molecule has 0 aliphatic carbocycles. The Morgan fingerprint density at radius 1 is 1.11 bits per heavy atom. The van der Waals surface area contributed by atoms with E-state index in [0.717, 1.165) is 17.2 Å². The van der Waals surface area contributed by atoms with E-state index in [9.17, 15) is 4.79 Å². The Morgan fingerprint density at radius 2 is 1.93 bits per heavy atom. The average molecular weight is 361 g/mol. The van der Waals surface area contributed by atoms with Crippen molar-refractivity contribution in [3.05, 3.63) is 84.1 Å². The molecular weight excluding hydrogens is 342 g/mol. The lowest BCUT2D eigenvalue weighted by molar-refractivity contribution is 0.0776. The summed E-state index contributed by atoms with van der Waals surface area (Å²) >= 11 is 0. The van der Waals surface area contributed by atoms with Crippen LogP contribution in [0.2, 0.25) is 0 Å². The average Bonchev–Trinajstić information content (AvgIpc) is 3.42. The zero-order valence-corrected chi connectivity index (χ0v) is 15.1. The third-order valence-electron chi connectivity index (χ3n) is 4.26. The standard InChI is InChI=1S/C21H19N3O3/c1-15-10-11-19(27-15)20-18(14-24(22-20)16-7-4-3-5-8-16)21(25)23(2)13-17-9-6-12-26-17/h3-12,14H,13H2,1-2H3. The van der Waals surface area contributed by atoms with Gasteiger partial charge in [-0.25, -0.2) is 4.68 Å². The Balaban J connectivity index is 1.73. The first-order valence-corrected chi connectivity index (χ1v) is 8.61. The number of aryl methyl sites for hydroxylation is 1. The molecule has 3 heterocycles. The van der Waals surface area contributed by atoms with E-state index in [1.165, 1.54) is 0 Å². The Bertz CT molecular complexity index is 1050. The van der Waals surface area contributed by atoms with Gasteiger partial charge in [0.05, 0.1) is 24.1 Å². The number of nitrogens with zero attached hydrogens (tertiary/aromatic N) is 3. The summed E-state index contributed by atoms with van der Waals surface area (Å²) < 4.78 is 12.8. The molecule has 4 rings (SSSR count). The van der Waals surface area contributed by atoms with Crippen molar-refractivity contribution in [2.45, 2.75) is 13.5 Å². The van der Waals surface area contributed by atoms with Crippen molar-refractivity contribution < 1.29 is 13.6 Å². The zero-order valence-electron chi connectivity index (χ0n) is 15.1. The third kappa shape index (κ3) is 3.42. The Hall–Kier alpha value is -3.54. The highest BCUT2D eigenvalue weighted by Gasteiger charge is 2.23. The van der Waals surface area contributed by atoms with Crippen LogP contribution in [-0.4, -0.2) is 27.6 Å². The van der Waals surface area contributed by atoms with Crippen molar-refractivity contribution in [1.82, 2.24) is 14.7 Å². The molecule has 0 aliphatic heterocycles. The van der Waals surface area contributed by atoms with Crippen LogP contribution < -0.4 is 0 Å². The molecule has 3 aromatic heterocycles. The molecule has 0 saturated carbocycles. The summed E-state index contributed by atoms with van der Waals surface area (Å²) in [4.78, 5) is 14.7. The molecule has 27 heavy (non-hydrogen) atoms.